The van der Waals surface area contributed by atoms with Crippen molar-refractivity contribution >= 4 is 10.9 Å². The van der Waals surface area contributed by atoms with Crippen LogP contribution in [-0.4, -0.2) is 35.6 Å². The molecule has 1 N–H and O–H groups in total. The lowest BCUT2D eigenvalue weighted by Crippen LogP contribution is -2.33. The summed E-state index contributed by atoms with van der Waals surface area (Å²) in [6.07, 6.45) is 1.97. The fourth-order valence-corrected chi connectivity index (χ4v) is 4.16. The van der Waals surface area contributed by atoms with Crippen molar-refractivity contribution in [3.8, 4) is 5.75 Å². The standard InChI is InChI=1S/C22H24N2O/c1-24(2)14-18-11-17-10-16-6-3-4-9-21(16)23-22(17)13-20(18)15-7-5-8-19(25)12-15/h3-10,12,18,20,25H,11,13-14H2,1-2H3. The molecule has 4 rings (SSSR count). The summed E-state index contributed by atoms with van der Waals surface area (Å²) in [4.78, 5) is 7.22. The second-order valence-corrected chi connectivity index (χ2v) is 7.42. The average molecular weight is 332 g/mol. The molecule has 128 valence electrons. The largest absolute Gasteiger partial charge is 0.508 e. The van der Waals surface area contributed by atoms with Gasteiger partial charge >= 0.3 is 0 Å². The molecule has 0 spiro atoms. The van der Waals surface area contributed by atoms with Gasteiger partial charge in [0, 0.05) is 17.6 Å². The molecule has 3 heteroatoms. The molecule has 2 aromatic carbocycles. The maximum atomic E-state index is 9.92. The number of hydrogen-bond donors (Lipinski definition) is 1. The van der Waals surface area contributed by atoms with E-state index in [9.17, 15) is 5.11 Å². The number of phenols is 1. The van der Waals surface area contributed by atoms with Crippen molar-refractivity contribution < 1.29 is 5.11 Å². The van der Waals surface area contributed by atoms with E-state index >= 15 is 0 Å². The zero-order chi connectivity index (χ0) is 17.4. The molecule has 0 bridgehead atoms. The summed E-state index contributed by atoms with van der Waals surface area (Å²) in [5.74, 6) is 1.25. The van der Waals surface area contributed by atoms with E-state index in [0.717, 1.165) is 24.9 Å². The molecular weight excluding hydrogens is 308 g/mol. The minimum Gasteiger partial charge on any atom is -0.508 e. The summed E-state index contributed by atoms with van der Waals surface area (Å²) in [5.41, 5.74) is 4.87. The van der Waals surface area contributed by atoms with Crippen LogP contribution < -0.4 is 0 Å². The Balaban J connectivity index is 1.77. The molecule has 0 saturated carbocycles. The van der Waals surface area contributed by atoms with Crippen molar-refractivity contribution in [1.82, 2.24) is 9.88 Å². The molecule has 0 aliphatic heterocycles. The van der Waals surface area contributed by atoms with Crippen LogP contribution in [-0.2, 0) is 12.8 Å². The molecule has 0 fully saturated rings. The highest BCUT2D eigenvalue weighted by Gasteiger charge is 2.31. The summed E-state index contributed by atoms with van der Waals surface area (Å²) in [6, 6.07) is 18.4. The fourth-order valence-electron chi connectivity index (χ4n) is 4.16. The first-order valence-electron chi connectivity index (χ1n) is 8.91. The predicted octanol–water partition coefficient (Wildman–Crippen LogP) is 4.00. The Labute approximate surface area is 148 Å². The Morgan fingerprint density at radius 1 is 1.04 bits per heavy atom. The normalized spacial score (nSPS) is 20.0. The van der Waals surface area contributed by atoms with Crippen LogP contribution in [0.2, 0.25) is 0 Å². The molecule has 0 saturated heterocycles. The monoisotopic (exact) mass is 332 g/mol. The second kappa shape index (κ2) is 6.49. The number of phenolic OH excluding ortho intramolecular Hbond substituents is 1. The highest BCUT2D eigenvalue weighted by molar-refractivity contribution is 5.79. The highest BCUT2D eigenvalue weighted by Crippen LogP contribution is 2.38. The third kappa shape index (κ3) is 3.24. The van der Waals surface area contributed by atoms with Gasteiger partial charge in [-0.25, -0.2) is 0 Å². The van der Waals surface area contributed by atoms with E-state index in [4.69, 9.17) is 4.98 Å². The van der Waals surface area contributed by atoms with Gasteiger partial charge in [0.15, 0.2) is 0 Å². The van der Waals surface area contributed by atoms with Crippen molar-refractivity contribution in [3.63, 3.8) is 0 Å². The van der Waals surface area contributed by atoms with E-state index < -0.39 is 0 Å². The lowest BCUT2D eigenvalue weighted by Gasteiger charge is -2.35. The molecule has 0 amide bonds. The van der Waals surface area contributed by atoms with E-state index in [1.807, 2.05) is 18.2 Å². The number of nitrogens with zero attached hydrogens (tertiary/aromatic N) is 2. The van der Waals surface area contributed by atoms with Gasteiger partial charge in [0.05, 0.1) is 5.52 Å². The molecular formula is C22H24N2O. The second-order valence-electron chi connectivity index (χ2n) is 7.42. The van der Waals surface area contributed by atoms with Crippen LogP contribution in [0.4, 0.5) is 0 Å². The van der Waals surface area contributed by atoms with Crippen molar-refractivity contribution in [2.24, 2.45) is 5.92 Å². The number of aromatic nitrogens is 1. The van der Waals surface area contributed by atoms with Crippen LogP contribution in [0.5, 0.6) is 5.75 Å². The van der Waals surface area contributed by atoms with E-state index in [0.29, 0.717) is 17.6 Å². The zero-order valence-electron chi connectivity index (χ0n) is 14.8. The molecule has 3 nitrogen and oxygen atoms in total. The van der Waals surface area contributed by atoms with Crippen molar-refractivity contribution in [2.75, 3.05) is 20.6 Å². The van der Waals surface area contributed by atoms with E-state index in [1.54, 1.807) is 6.07 Å². The Kier molecular flexibility index (Phi) is 4.18. The lowest BCUT2D eigenvalue weighted by atomic mass is 9.74. The van der Waals surface area contributed by atoms with Crippen molar-refractivity contribution in [1.29, 1.82) is 0 Å². The van der Waals surface area contributed by atoms with Gasteiger partial charge in [0.1, 0.15) is 5.75 Å². The van der Waals surface area contributed by atoms with Crippen LogP contribution in [0.25, 0.3) is 10.9 Å². The molecule has 25 heavy (non-hydrogen) atoms. The van der Waals surface area contributed by atoms with Gasteiger partial charge in [0.25, 0.3) is 0 Å². The molecule has 0 radical (unpaired) electrons. The van der Waals surface area contributed by atoms with Crippen LogP contribution in [0.15, 0.2) is 54.6 Å². The third-order valence-electron chi connectivity index (χ3n) is 5.25. The smallest absolute Gasteiger partial charge is 0.115 e. The molecule has 1 aliphatic rings. The van der Waals surface area contributed by atoms with Crippen LogP contribution >= 0.6 is 0 Å². The number of aromatic hydroxyl groups is 1. The highest BCUT2D eigenvalue weighted by atomic mass is 16.3. The molecule has 2 atom stereocenters. The topological polar surface area (TPSA) is 36.4 Å². The minimum absolute atomic E-state index is 0.346. The number of fused-ring (bicyclic) bond motifs is 2. The van der Waals surface area contributed by atoms with Crippen LogP contribution in [0.1, 0.15) is 22.7 Å². The maximum absolute atomic E-state index is 9.92. The first kappa shape index (κ1) is 16.1. The lowest BCUT2D eigenvalue weighted by molar-refractivity contribution is 0.274. The Morgan fingerprint density at radius 3 is 2.68 bits per heavy atom. The molecule has 2 unspecified atom stereocenters. The Morgan fingerprint density at radius 2 is 1.88 bits per heavy atom. The summed E-state index contributed by atoms with van der Waals surface area (Å²) in [7, 11) is 4.27. The molecule has 1 heterocycles. The van der Waals surface area contributed by atoms with Gasteiger partial charge in [-0.2, -0.15) is 0 Å². The summed E-state index contributed by atoms with van der Waals surface area (Å²) in [5, 5.41) is 11.1. The van der Waals surface area contributed by atoms with Crippen LogP contribution in [0.3, 0.4) is 0 Å². The maximum Gasteiger partial charge on any atom is 0.115 e. The average Bonchev–Trinajstić information content (AvgIpc) is 2.59. The van der Waals surface area contributed by atoms with Crippen molar-refractivity contribution in [3.05, 3.63) is 71.4 Å². The van der Waals surface area contributed by atoms with Gasteiger partial charge in [-0.1, -0.05) is 30.3 Å². The first-order chi connectivity index (χ1) is 12.1. The summed E-state index contributed by atoms with van der Waals surface area (Å²) < 4.78 is 0. The number of rotatable bonds is 3. The van der Waals surface area contributed by atoms with Crippen LogP contribution in [0, 0.1) is 5.92 Å². The van der Waals surface area contributed by atoms with E-state index in [2.05, 4.69) is 49.3 Å². The van der Waals surface area contributed by atoms with Gasteiger partial charge < -0.3 is 10.0 Å². The SMILES string of the molecule is CN(C)CC1Cc2cc3ccccc3nc2CC1c1cccc(O)c1. The van der Waals surface area contributed by atoms with Gasteiger partial charge in [-0.3, -0.25) is 4.98 Å². The molecule has 1 aliphatic carbocycles. The zero-order valence-corrected chi connectivity index (χ0v) is 14.8. The van der Waals surface area contributed by atoms with Gasteiger partial charge in [0.2, 0.25) is 0 Å². The van der Waals surface area contributed by atoms with E-state index in [-0.39, 0.29) is 0 Å². The predicted molar refractivity (Wildman–Crippen MR) is 102 cm³/mol. The first-order valence-corrected chi connectivity index (χ1v) is 8.91. The summed E-state index contributed by atoms with van der Waals surface area (Å²) in [6.45, 7) is 1.03. The Hall–Kier alpha value is -2.39. The number of hydrogen-bond acceptors (Lipinski definition) is 3. The quantitative estimate of drug-likeness (QED) is 0.787. The minimum atomic E-state index is 0.346. The fraction of sp³-hybridized carbons (Fsp3) is 0.318. The number of para-hydroxylation sites is 1. The molecule has 3 aromatic rings. The van der Waals surface area contributed by atoms with E-state index in [1.165, 1.54) is 22.2 Å². The summed E-state index contributed by atoms with van der Waals surface area (Å²) >= 11 is 0. The number of benzene rings is 2. The third-order valence-corrected chi connectivity index (χ3v) is 5.25. The van der Waals surface area contributed by atoms with Crippen molar-refractivity contribution in [2.45, 2.75) is 18.8 Å². The van der Waals surface area contributed by atoms with Gasteiger partial charge in [-0.05, 0) is 74.2 Å². The molecule has 1 aromatic heterocycles. The van der Waals surface area contributed by atoms with Gasteiger partial charge in [-0.15, -0.1) is 0 Å². The Bertz CT molecular complexity index is 903. The number of pyridine rings is 1.